The molecule has 4 aromatic heterocycles. The van der Waals surface area contributed by atoms with Crippen molar-refractivity contribution in [2.24, 2.45) is 5.73 Å². The summed E-state index contributed by atoms with van der Waals surface area (Å²) in [6.07, 6.45) is 5.54. The third-order valence-electron chi connectivity index (χ3n) is 8.00. The maximum absolute atomic E-state index is 13.2. The Morgan fingerprint density at radius 3 is 2.73 bits per heavy atom. The largest absolute Gasteiger partial charge is 0.474 e. The van der Waals surface area contributed by atoms with Gasteiger partial charge in [0.15, 0.2) is 0 Å². The number of likely N-dealkylation sites (tertiary alicyclic amines) is 1. The molecule has 0 unspecified atom stereocenters. The van der Waals surface area contributed by atoms with Crippen LogP contribution >= 0.6 is 0 Å². The Hall–Kier alpha value is -4.02. The number of alkyl halides is 3. The highest BCUT2D eigenvalue weighted by Gasteiger charge is 2.49. The standard InChI is InChI=1S/C27H28F3N9O/c28-27(29,30)22-9-17(13-32)10-23(37-22)40-20-2-7-38(8-3-20)19-11-26(12-19,4-5-31)39-15-18(14-36-39)24-21-1-6-33-25(21)35-16-34-24/h1,6,9-10,14-16,19-20H,2-4,7-8,11-13,32H2,(H,33,34,35). The molecule has 3 N–H and O–H groups in total. The van der Waals surface area contributed by atoms with E-state index in [1.807, 2.05) is 23.1 Å². The molecular weight excluding hydrogens is 523 g/mol. The summed E-state index contributed by atoms with van der Waals surface area (Å²) in [5.41, 5.74) is 6.93. The van der Waals surface area contributed by atoms with E-state index in [2.05, 4.69) is 36.0 Å². The molecule has 1 saturated carbocycles. The average molecular weight is 552 g/mol. The minimum Gasteiger partial charge on any atom is -0.474 e. The molecule has 0 aromatic carbocycles. The lowest BCUT2D eigenvalue weighted by atomic mass is 9.69. The molecule has 10 nitrogen and oxygen atoms in total. The van der Waals surface area contributed by atoms with E-state index in [9.17, 15) is 18.4 Å². The lowest BCUT2D eigenvalue weighted by Crippen LogP contribution is -2.58. The molecule has 2 aliphatic rings. The molecule has 208 valence electrons. The number of hydrogen-bond acceptors (Lipinski definition) is 8. The Morgan fingerprint density at radius 1 is 1.20 bits per heavy atom. The SMILES string of the molecule is N#CCC1(n2cc(-c3ncnc4[nH]ccc34)cn2)CC(N2CCC(Oc3cc(CN)cc(C(F)(F)F)n3)CC2)C1. The van der Waals surface area contributed by atoms with Crippen molar-refractivity contribution in [3.05, 3.63) is 54.4 Å². The normalized spacial score (nSPS) is 22.2. The van der Waals surface area contributed by atoms with Gasteiger partial charge >= 0.3 is 6.18 Å². The second-order valence-electron chi connectivity index (χ2n) is 10.5. The fourth-order valence-corrected chi connectivity index (χ4v) is 5.85. The van der Waals surface area contributed by atoms with E-state index in [0.717, 1.165) is 54.3 Å². The van der Waals surface area contributed by atoms with Crippen molar-refractivity contribution in [2.75, 3.05) is 13.1 Å². The molecule has 0 atom stereocenters. The van der Waals surface area contributed by atoms with Gasteiger partial charge in [0.1, 0.15) is 23.8 Å². The number of H-pyrrole nitrogens is 1. The molecule has 5 heterocycles. The van der Waals surface area contributed by atoms with Crippen LogP contribution in [0.3, 0.4) is 0 Å². The number of nitrogens with zero attached hydrogens (tertiary/aromatic N) is 7. The number of aromatic amines is 1. The van der Waals surface area contributed by atoms with Crippen molar-refractivity contribution < 1.29 is 17.9 Å². The van der Waals surface area contributed by atoms with Crippen LogP contribution < -0.4 is 10.5 Å². The van der Waals surface area contributed by atoms with Crippen LogP contribution in [0.15, 0.2) is 43.1 Å². The summed E-state index contributed by atoms with van der Waals surface area (Å²) in [6.45, 7) is 1.47. The Morgan fingerprint density at radius 2 is 2.00 bits per heavy atom. The van der Waals surface area contributed by atoms with E-state index in [1.165, 1.54) is 12.4 Å². The van der Waals surface area contributed by atoms with Gasteiger partial charge in [-0.3, -0.25) is 9.58 Å². The number of fused-ring (bicyclic) bond motifs is 1. The molecule has 40 heavy (non-hydrogen) atoms. The zero-order chi connectivity index (χ0) is 27.9. The van der Waals surface area contributed by atoms with Gasteiger partial charge in [0, 0.05) is 55.1 Å². The van der Waals surface area contributed by atoms with Gasteiger partial charge in [-0.25, -0.2) is 15.0 Å². The molecule has 13 heteroatoms. The third kappa shape index (κ3) is 4.89. The number of halogens is 3. The monoisotopic (exact) mass is 551 g/mol. The van der Waals surface area contributed by atoms with Crippen molar-refractivity contribution in [3.8, 4) is 23.2 Å². The first-order valence-corrected chi connectivity index (χ1v) is 13.2. The highest BCUT2D eigenvalue weighted by molar-refractivity contribution is 5.90. The fourth-order valence-electron chi connectivity index (χ4n) is 5.85. The van der Waals surface area contributed by atoms with E-state index in [1.54, 1.807) is 6.20 Å². The highest BCUT2D eigenvalue weighted by atomic mass is 19.4. The Balaban J connectivity index is 1.09. The second kappa shape index (κ2) is 10.2. The van der Waals surface area contributed by atoms with Crippen molar-refractivity contribution in [3.63, 3.8) is 0 Å². The number of hydrogen-bond donors (Lipinski definition) is 2. The van der Waals surface area contributed by atoms with Gasteiger partial charge in [-0.1, -0.05) is 0 Å². The lowest BCUT2D eigenvalue weighted by molar-refractivity contribution is -0.141. The van der Waals surface area contributed by atoms with E-state index in [0.29, 0.717) is 24.8 Å². The number of nitriles is 1. The maximum Gasteiger partial charge on any atom is 0.433 e. The summed E-state index contributed by atoms with van der Waals surface area (Å²) >= 11 is 0. The maximum atomic E-state index is 13.2. The second-order valence-corrected chi connectivity index (χ2v) is 10.5. The number of rotatable bonds is 7. The van der Waals surface area contributed by atoms with Gasteiger partial charge in [-0.2, -0.15) is 23.5 Å². The van der Waals surface area contributed by atoms with Gasteiger partial charge in [-0.05, 0) is 43.4 Å². The van der Waals surface area contributed by atoms with Gasteiger partial charge < -0.3 is 15.5 Å². The Labute approximate surface area is 228 Å². The highest BCUT2D eigenvalue weighted by Crippen LogP contribution is 2.45. The summed E-state index contributed by atoms with van der Waals surface area (Å²) < 4.78 is 47.5. The fraction of sp³-hybridized carbons (Fsp3) is 0.444. The summed E-state index contributed by atoms with van der Waals surface area (Å²) in [5.74, 6) is -0.0412. The number of nitrogens with two attached hydrogens (primary N) is 1. The number of pyridine rings is 1. The van der Waals surface area contributed by atoms with Gasteiger partial charge in [-0.15, -0.1) is 0 Å². The molecule has 0 bridgehead atoms. The predicted octanol–water partition coefficient (Wildman–Crippen LogP) is 4.01. The van der Waals surface area contributed by atoms with Crippen LogP contribution in [-0.4, -0.2) is 59.9 Å². The van der Waals surface area contributed by atoms with Crippen molar-refractivity contribution >= 4 is 11.0 Å². The van der Waals surface area contributed by atoms with Gasteiger partial charge in [0.2, 0.25) is 5.88 Å². The minimum atomic E-state index is -4.56. The van der Waals surface area contributed by atoms with Crippen molar-refractivity contribution in [1.29, 1.82) is 5.26 Å². The van der Waals surface area contributed by atoms with Crippen molar-refractivity contribution in [1.82, 2.24) is 34.6 Å². The van der Waals surface area contributed by atoms with E-state index >= 15 is 0 Å². The molecule has 1 saturated heterocycles. The number of ether oxygens (including phenoxy) is 1. The zero-order valence-corrected chi connectivity index (χ0v) is 21.6. The van der Waals surface area contributed by atoms with Crippen molar-refractivity contribution in [2.45, 2.75) is 62.5 Å². The Kier molecular flexibility index (Phi) is 6.67. The molecule has 0 radical (unpaired) electrons. The van der Waals surface area contributed by atoms with E-state index < -0.39 is 17.4 Å². The molecule has 1 aliphatic carbocycles. The molecule has 6 rings (SSSR count). The summed E-state index contributed by atoms with van der Waals surface area (Å²) in [6, 6.07) is 6.99. The molecule has 1 aliphatic heterocycles. The quantitative estimate of drug-likeness (QED) is 0.352. The molecule has 4 aromatic rings. The first-order valence-electron chi connectivity index (χ1n) is 13.2. The first-order chi connectivity index (χ1) is 19.3. The van der Waals surface area contributed by atoms with Crippen LogP contribution in [0.4, 0.5) is 13.2 Å². The van der Waals surface area contributed by atoms with Crippen LogP contribution in [0.25, 0.3) is 22.3 Å². The zero-order valence-electron chi connectivity index (χ0n) is 21.6. The third-order valence-corrected chi connectivity index (χ3v) is 8.00. The Bertz CT molecular complexity index is 1540. The van der Waals surface area contributed by atoms with Crippen LogP contribution in [-0.2, 0) is 18.3 Å². The van der Waals surface area contributed by atoms with E-state index in [-0.39, 0.29) is 24.6 Å². The van der Waals surface area contributed by atoms with E-state index in [4.69, 9.17) is 10.5 Å². The number of aromatic nitrogens is 6. The predicted molar refractivity (Wildman–Crippen MR) is 139 cm³/mol. The molecule has 0 amide bonds. The minimum absolute atomic E-state index is 0.0280. The molecular formula is C27H28F3N9O. The summed E-state index contributed by atoms with van der Waals surface area (Å²) in [5, 5.41) is 15.2. The average Bonchev–Trinajstić information content (AvgIpc) is 3.61. The van der Waals surface area contributed by atoms with Crippen LogP contribution in [0.2, 0.25) is 0 Å². The first kappa shape index (κ1) is 26.2. The van der Waals surface area contributed by atoms with Crippen LogP contribution in [0.5, 0.6) is 5.88 Å². The summed E-state index contributed by atoms with van der Waals surface area (Å²) in [7, 11) is 0. The van der Waals surface area contributed by atoms with Gasteiger partial charge in [0.25, 0.3) is 0 Å². The van der Waals surface area contributed by atoms with Crippen LogP contribution in [0.1, 0.15) is 43.4 Å². The number of piperidine rings is 1. The summed E-state index contributed by atoms with van der Waals surface area (Å²) in [4.78, 5) is 17.8. The lowest BCUT2D eigenvalue weighted by Gasteiger charge is -2.52. The van der Waals surface area contributed by atoms with Crippen LogP contribution in [0, 0.1) is 11.3 Å². The number of nitrogens with one attached hydrogen (secondary N) is 1. The topological polar surface area (TPSA) is 135 Å². The van der Waals surface area contributed by atoms with Gasteiger partial charge in [0.05, 0.1) is 29.9 Å². The molecule has 0 spiro atoms. The smallest absolute Gasteiger partial charge is 0.433 e. The molecule has 2 fully saturated rings.